The van der Waals surface area contributed by atoms with Crippen molar-refractivity contribution in [3.8, 4) is 0 Å². The van der Waals surface area contributed by atoms with Crippen molar-refractivity contribution in [2.75, 3.05) is 26.2 Å². The predicted molar refractivity (Wildman–Crippen MR) is 91.9 cm³/mol. The average molecular weight is 350 g/mol. The van der Waals surface area contributed by atoms with Crippen LogP contribution in [-0.2, 0) is 6.54 Å². The molecule has 0 N–H and O–H groups in total. The lowest BCUT2D eigenvalue weighted by molar-refractivity contribution is 0.0628. The van der Waals surface area contributed by atoms with E-state index in [2.05, 4.69) is 9.88 Å². The van der Waals surface area contributed by atoms with Gasteiger partial charge < -0.3 is 4.90 Å². The van der Waals surface area contributed by atoms with Crippen molar-refractivity contribution in [2.24, 2.45) is 0 Å². The van der Waals surface area contributed by atoms with Gasteiger partial charge in [0.05, 0.1) is 15.6 Å². The number of halogens is 2. The number of hydrogen-bond acceptors (Lipinski definition) is 3. The number of amides is 1. The van der Waals surface area contributed by atoms with Gasteiger partial charge in [-0.3, -0.25) is 14.7 Å². The molecule has 120 valence electrons. The van der Waals surface area contributed by atoms with E-state index in [1.807, 2.05) is 17.0 Å². The fourth-order valence-electron chi connectivity index (χ4n) is 2.69. The van der Waals surface area contributed by atoms with Gasteiger partial charge in [0.25, 0.3) is 5.91 Å². The van der Waals surface area contributed by atoms with Crippen LogP contribution < -0.4 is 0 Å². The molecule has 2 aromatic rings. The molecule has 0 atom stereocenters. The molecule has 1 saturated heterocycles. The van der Waals surface area contributed by atoms with Crippen LogP contribution in [0.4, 0.5) is 0 Å². The van der Waals surface area contributed by atoms with Crippen molar-refractivity contribution in [2.45, 2.75) is 6.54 Å². The number of pyridine rings is 1. The third-order valence-electron chi connectivity index (χ3n) is 4.00. The molecule has 1 aromatic carbocycles. The summed E-state index contributed by atoms with van der Waals surface area (Å²) in [5, 5.41) is 0.743. The van der Waals surface area contributed by atoms with Crippen LogP contribution in [0.1, 0.15) is 15.9 Å². The van der Waals surface area contributed by atoms with Crippen molar-refractivity contribution in [1.29, 1.82) is 0 Å². The molecule has 0 bridgehead atoms. The lowest BCUT2D eigenvalue weighted by atomic mass is 10.1. The molecule has 1 fully saturated rings. The number of carbonyl (C=O) groups excluding carboxylic acids is 1. The highest BCUT2D eigenvalue weighted by atomic mass is 35.5. The van der Waals surface area contributed by atoms with Crippen LogP contribution in [-0.4, -0.2) is 46.9 Å². The van der Waals surface area contributed by atoms with E-state index in [-0.39, 0.29) is 5.91 Å². The molecule has 23 heavy (non-hydrogen) atoms. The molecule has 0 saturated carbocycles. The molecule has 0 radical (unpaired) electrons. The van der Waals surface area contributed by atoms with Gasteiger partial charge in [0.2, 0.25) is 0 Å². The standard InChI is InChI=1S/C17H17Cl2N3O/c18-15-3-1-2-14(16(15)19)17(23)22-10-8-21(9-11-22)12-13-4-6-20-7-5-13/h1-7H,8-12H2. The molecule has 0 unspecified atom stereocenters. The van der Waals surface area contributed by atoms with Crippen molar-refractivity contribution < 1.29 is 4.79 Å². The molecule has 1 aliphatic heterocycles. The fraction of sp³-hybridized carbons (Fsp3) is 0.294. The minimum Gasteiger partial charge on any atom is -0.336 e. The van der Waals surface area contributed by atoms with Crippen LogP contribution in [0.5, 0.6) is 0 Å². The summed E-state index contributed by atoms with van der Waals surface area (Å²) in [5.74, 6) is -0.0546. The molecule has 3 rings (SSSR count). The maximum Gasteiger partial charge on any atom is 0.255 e. The summed E-state index contributed by atoms with van der Waals surface area (Å²) in [6.45, 7) is 3.93. The zero-order valence-electron chi connectivity index (χ0n) is 12.6. The van der Waals surface area contributed by atoms with Gasteiger partial charge in [-0.1, -0.05) is 29.3 Å². The van der Waals surface area contributed by atoms with E-state index in [9.17, 15) is 4.79 Å². The Balaban J connectivity index is 1.60. The van der Waals surface area contributed by atoms with Crippen LogP contribution in [0.15, 0.2) is 42.7 Å². The summed E-state index contributed by atoms with van der Waals surface area (Å²) in [7, 11) is 0. The van der Waals surface area contributed by atoms with Crippen molar-refractivity contribution in [1.82, 2.24) is 14.8 Å². The maximum atomic E-state index is 12.6. The van der Waals surface area contributed by atoms with E-state index >= 15 is 0 Å². The third-order valence-corrected chi connectivity index (χ3v) is 4.82. The monoisotopic (exact) mass is 349 g/mol. The van der Waals surface area contributed by atoms with E-state index < -0.39 is 0 Å². The van der Waals surface area contributed by atoms with Gasteiger partial charge in [0.1, 0.15) is 0 Å². The van der Waals surface area contributed by atoms with Gasteiger partial charge >= 0.3 is 0 Å². The number of rotatable bonds is 3. The van der Waals surface area contributed by atoms with Gasteiger partial charge in [0, 0.05) is 45.1 Å². The van der Waals surface area contributed by atoms with E-state index in [0.29, 0.717) is 28.7 Å². The largest absolute Gasteiger partial charge is 0.336 e. The fourth-order valence-corrected chi connectivity index (χ4v) is 3.08. The second kappa shape index (κ2) is 7.30. The highest BCUT2D eigenvalue weighted by molar-refractivity contribution is 6.43. The normalized spacial score (nSPS) is 15.7. The molecular weight excluding hydrogens is 333 g/mol. The molecule has 6 heteroatoms. The van der Waals surface area contributed by atoms with Crippen LogP contribution in [0, 0.1) is 0 Å². The first-order valence-corrected chi connectivity index (χ1v) is 8.25. The van der Waals surface area contributed by atoms with Crippen molar-refractivity contribution in [3.05, 3.63) is 63.9 Å². The molecule has 4 nitrogen and oxygen atoms in total. The van der Waals surface area contributed by atoms with Crippen LogP contribution in [0.25, 0.3) is 0 Å². The Kier molecular flexibility index (Phi) is 5.16. The summed E-state index contributed by atoms with van der Waals surface area (Å²) in [6, 6.07) is 9.20. The summed E-state index contributed by atoms with van der Waals surface area (Å²) in [5.41, 5.74) is 1.71. The Morgan fingerprint density at radius 1 is 1.04 bits per heavy atom. The Bertz CT molecular complexity index is 685. The number of carbonyl (C=O) groups is 1. The topological polar surface area (TPSA) is 36.4 Å². The van der Waals surface area contributed by atoms with E-state index in [0.717, 1.165) is 19.6 Å². The van der Waals surface area contributed by atoms with E-state index in [1.54, 1.807) is 30.6 Å². The Morgan fingerprint density at radius 3 is 2.43 bits per heavy atom. The molecule has 2 heterocycles. The lowest BCUT2D eigenvalue weighted by Gasteiger charge is -2.35. The number of nitrogens with zero attached hydrogens (tertiary/aromatic N) is 3. The first-order chi connectivity index (χ1) is 11.1. The quantitative estimate of drug-likeness (QED) is 0.852. The predicted octanol–water partition coefficient (Wildman–Crippen LogP) is 3.35. The molecule has 1 amide bonds. The highest BCUT2D eigenvalue weighted by Crippen LogP contribution is 2.26. The Hall–Kier alpha value is -1.62. The van der Waals surface area contributed by atoms with Gasteiger partial charge in [-0.05, 0) is 29.8 Å². The van der Waals surface area contributed by atoms with Crippen molar-refractivity contribution in [3.63, 3.8) is 0 Å². The van der Waals surface area contributed by atoms with Gasteiger partial charge in [-0.2, -0.15) is 0 Å². The van der Waals surface area contributed by atoms with Crippen molar-refractivity contribution >= 4 is 29.1 Å². The average Bonchev–Trinajstić information content (AvgIpc) is 2.58. The Labute approximate surface area is 145 Å². The summed E-state index contributed by atoms with van der Waals surface area (Å²) < 4.78 is 0. The van der Waals surface area contributed by atoms with E-state index in [1.165, 1.54) is 5.56 Å². The van der Waals surface area contributed by atoms with Crippen LogP contribution in [0.2, 0.25) is 10.0 Å². The van der Waals surface area contributed by atoms with Gasteiger partial charge in [-0.15, -0.1) is 0 Å². The molecule has 0 spiro atoms. The molecule has 1 aliphatic rings. The van der Waals surface area contributed by atoms with Gasteiger partial charge in [0.15, 0.2) is 0 Å². The SMILES string of the molecule is O=C(c1cccc(Cl)c1Cl)N1CCN(Cc2ccncc2)CC1. The minimum absolute atomic E-state index is 0.0546. The van der Waals surface area contributed by atoms with Crippen LogP contribution >= 0.6 is 23.2 Å². The number of hydrogen-bond donors (Lipinski definition) is 0. The molecular formula is C17H17Cl2N3O. The lowest BCUT2D eigenvalue weighted by Crippen LogP contribution is -2.48. The Morgan fingerprint density at radius 2 is 1.74 bits per heavy atom. The smallest absolute Gasteiger partial charge is 0.255 e. The number of aromatic nitrogens is 1. The molecule has 1 aromatic heterocycles. The number of benzene rings is 1. The highest BCUT2D eigenvalue weighted by Gasteiger charge is 2.24. The van der Waals surface area contributed by atoms with Gasteiger partial charge in [-0.25, -0.2) is 0 Å². The maximum absolute atomic E-state index is 12.6. The van der Waals surface area contributed by atoms with Crippen LogP contribution in [0.3, 0.4) is 0 Å². The summed E-state index contributed by atoms with van der Waals surface area (Å²) in [6.07, 6.45) is 3.60. The second-order valence-electron chi connectivity index (χ2n) is 5.53. The number of piperazine rings is 1. The first-order valence-electron chi connectivity index (χ1n) is 7.49. The first kappa shape index (κ1) is 16.2. The zero-order chi connectivity index (χ0) is 16.2. The van der Waals surface area contributed by atoms with E-state index in [4.69, 9.17) is 23.2 Å². The minimum atomic E-state index is -0.0546. The molecule has 0 aliphatic carbocycles. The second-order valence-corrected chi connectivity index (χ2v) is 6.31. The third kappa shape index (κ3) is 3.83. The summed E-state index contributed by atoms with van der Waals surface area (Å²) in [4.78, 5) is 20.8. The summed E-state index contributed by atoms with van der Waals surface area (Å²) >= 11 is 12.1. The zero-order valence-corrected chi connectivity index (χ0v) is 14.1.